The Morgan fingerprint density at radius 1 is 1.03 bits per heavy atom. The number of fused-ring (bicyclic) bond motifs is 3. The molecule has 7 nitrogen and oxygen atoms in total. The van der Waals surface area contributed by atoms with E-state index < -0.39 is 24.0 Å². The number of carboxylic acid groups (broad SMARTS) is 1. The second-order valence-corrected chi connectivity index (χ2v) is 8.25. The van der Waals surface area contributed by atoms with E-state index in [0.29, 0.717) is 19.3 Å². The molecule has 2 amide bonds. The molecule has 0 aliphatic heterocycles. The topological polar surface area (TPSA) is 105 Å². The largest absolute Gasteiger partial charge is 0.481 e. The zero-order valence-corrected chi connectivity index (χ0v) is 17.3. The Kier molecular flexibility index (Phi) is 5.93. The summed E-state index contributed by atoms with van der Waals surface area (Å²) in [6.45, 7) is 1.76. The van der Waals surface area contributed by atoms with E-state index in [-0.39, 0.29) is 24.5 Å². The molecule has 0 aromatic heterocycles. The molecule has 2 aromatic rings. The summed E-state index contributed by atoms with van der Waals surface area (Å²) in [5.41, 5.74) is 4.54. The van der Waals surface area contributed by atoms with Crippen LogP contribution in [0.4, 0.5) is 4.79 Å². The minimum Gasteiger partial charge on any atom is -0.481 e. The number of rotatable bonds is 6. The lowest BCUT2D eigenvalue weighted by Gasteiger charge is -2.19. The number of carboxylic acids is 1. The van der Waals surface area contributed by atoms with Gasteiger partial charge in [-0.05, 0) is 48.4 Å². The highest BCUT2D eigenvalue weighted by Crippen LogP contribution is 2.44. The van der Waals surface area contributed by atoms with E-state index in [1.54, 1.807) is 6.92 Å². The first-order valence-corrected chi connectivity index (χ1v) is 10.6. The molecular formula is C24H26N2O5. The van der Waals surface area contributed by atoms with E-state index in [2.05, 4.69) is 22.8 Å². The summed E-state index contributed by atoms with van der Waals surface area (Å²) in [6, 6.07) is 15.2. The highest BCUT2D eigenvalue weighted by Gasteiger charge is 2.32. The van der Waals surface area contributed by atoms with E-state index >= 15 is 0 Å². The van der Waals surface area contributed by atoms with Crippen LogP contribution in [0.1, 0.15) is 43.2 Å². The Morgan fingerprint density at radius 3 is 2.23 bits per heavy atom. The smallest absolute Gasteiger partial charge is 0.407 e. The fourth-order valence-corrected chi connectivity index (χ4v) is 4.55. The number of hydrogen-bond acceptors (Lipinski definition) is 4. The molecule has 3 N–H and O–H groups in total. The molecular weight excluding hydrogens is 396 g/mol. The third-order valence-corrected chi connectivity index (χ3v) is 6.20. The molecule has 2 aromatic carbocycles. The van der Waals surface area contributed by atoms with E-state index in [1.165, 1.54) is 0 Å². The van der Waals surface area contributed by atoms with Gasteiger partial charge >= 0.3 is 12.1 Å². The molecule has 0 heterocycles. The molecule has 1 unspecified atom stereocenters. The number of ether oxygens (including phenoxy) is 1. The van der Waals surface area contributed by atoms with E-state index in [4.69, 9.17) is 9.84 Å². The molecule has 0 radical (unpaired) electrons. The SMILES string of the molecule is CC(NC(=O)OCC1c2ccccc2-c2ccccc21)C(=O)N[C@H]1CC[C@@H](C(=O)O)C1. The van der Waals surface area contributed by atoms with Gasteiger partial charge in [-0.15, -0.1) is 0 Å². The van der Waals surface area contributed by atoms with Crippen LogP contribution in [0.15, 0.2) is 48.5 Å². The summed E-state index contributed by atoms with van der Waals surface area (Å²) in [5.74, 6) is -1.64. The maximum atomic E-state index is 12.4. The van der Waals surface area contributed by atoms with Crippen molar-refractivity contribution in [3.63, 3.8) is 0 Å². The zero-order chi connectivity index (χ0) is 22.0. The van der Waals surface area contributed by atoms with Gasteiger partial charge in [0.1, 0.15) is 12.6 Å². The maximum Gasteiger partial charge on any atom is 0.407 e. The molecule has 31 heavy (non-hydrogen) atoms. The molecule has 2 aliphatic carbocycles. The first kappa shape index (κ1) is 20.9. The highest BCUT2D eigenvalue weighted by atomic mass is 16.5. The number of carbonyl (C=O) groups excluding carboxylic acids is 2. The van der Waals surface area contributed by atoms with Gasteiger partial charge in [-0.1, -0.05) is 48.5 Å². The van der Waals surface area contributed by atoms with Crippen LogP contribution in [-0.2, 0) is 14.3 Å². The lowest BCUT2D eigenvalue weighted by Crippen LogP contribution is -2.47. The number of benzene rings is 2. The van der Waals surface area contributed by atoms with Crippen LogP contribution in [0.2, 0.25) is 0 Å². The third kappa shape index (κ3) is 4.40. The summed E-state index contributed by atoms with van der Waals surface area (Å²) >= 11 is 0. The number of amides is 2. The monoisotopic (exact) mass is 422 g/mol. The molecule has 7 heteroatoms. The van der Waals surface area contributed by atoms with Crippen LogP contribution in [0.5, 0.6) is 0 Å². The summed E-state index contributed by atoms with van der Waals surface area (Å²) in [5, 5.41) is 14.5. The molecule has 0 spiro atoms. The van der Waals surface area contributed by atoms with Crippen molar-refractivity contribution in [3.8, 4) is 11.1 Å². The second kappa shape index (κ2) is 8.79. The quantitative estimate of drug-likeness (QED) is 0.663. The molecule has 3 atom stereocenters. The average Bonchev–Trinajstić information content (AvgIpc) is 3.35. The lowest BCUT2D eigenvalue weighted by molar-refractivity contribution is -0.141. The summed E-state index contributed by atoms with van der Waals surface area (Å²) in [4.78, 5) is 35.8. The first-order chi connectivity index (χ1) is 14.9. The van der Waals surface area contributed by atoms with Gasteiger partial charge in [0.05, 0.1) is 5.92 Å². The van der Waals surface area contributed by atoms with E-state index in [0.717, 1.165) is 22.3 Å². The number of carbonyl (C=O) groups is 3. The van der Waals surface area contributed by atoms with Crippen LogP contribution in [0.25, 0.3) is 11.1 Å². The standard InChI is InChI=1S/C24H26N2O5/c1-14(22(27)26-16-11-10-15(12-16)23(28)29)25-24(30)31-13-21-19-8-4-2-6-17(19)18-7-3-5-9-20(18)21/h2-9,14-16,21H,10-13H2,1H3,(H,25,30)(H,26,27)(H,28,29)/t14?,15-,16+/m1/s1. The Bertz CT molecular complexity index is 959. The molecule has 162 valence electrons. The van der Waals surface area contributed by atoms with E-state index in [9.17, 15) is 14.4 Å². The van der Waals surface area contributed by atoms with Gasteiger partial charge in [0.2, 0.25) is 5.91 Å². The van der Waals surface area contributed by atoms with Crippen LogP contribution < -0.4 is 10.6 Å². The van der Waals surface area contributed by atoms with Crippen molar-refractivity contribution in [3.05, 3.63) is 59.7 Å². The average molecular weight is 422 g/mol. The molecule has 0 bridgehead atoms. The molecule has 2 aliphatic rings. The fraction of sp³-hybridized carbons (Fsp3) is 0.375. The normalized spacial score (nSPS) is 20.4. The van der Waals surface area contributed by atoms with Gasteiger partial charge in [0.25, 0.3) is 0 Å². The highest BCUT2D eigenvalue weighted by molar-refractivity contribution is 5.85. The van der Waals surface area contributed by atoms with Gasteiger partial charge in [-0.3, -0.25) is 9.59 Å². The minimum absolute atomic E-state index is 0.0475. The van der Waals surface area contributed by atoms with Crippen LogP contribution >= 0.6 is 0 Å². The Balaban J connectivity index is 1.30. The zero-order valence-electron chi connectivity index (χ0n) is 17.3. The summed E-state index contributed by atoms with van der Waals surface area (Å²) in [7, 11) is 0. The lowest BCUT2D eigenvalue weighted by atomic mass is 9.98. The van der Waals surface area contributed by atoms with Crippen molar-refractivity contribution in [2.45, 2.75) is 44.2 Å². The number of nitrogens with one attached hydrogen (secondary N) is 2. The second-order valence-electron chi connectivity index (χ2n) is 8.25. The molecule has 1 fully saturated rings. The maximum absolute atomic E-state index is 12.4. The van der Waals surface area contributed by atoms with Crippen molar-refractivity contribution in [2.24, 2.45) is 5.92 Å². The van der Waals surface area contributed by atoms with Crippen molar-refractivity contribution < 1.29 is 24.2 Å². The number of hydrogen-bond donors (Lipinski definition) is 3. The number of alkyl carbamates (subject to hydrolysis) is 1. The molecule has 1 saturated carbocycles. The van der Waals surface area contributed by atoms with Gasteiger partial charge in [0.15, 0.2) is 0 Å². The Morgan fingerprint density at radius 2 is 1.65 bits per heavy atom. The predicted octanol–water partition coefficient (Wildman–Crippen LogP) is 3.28. The van der Waals surface area contributed by atoms with E-state index in [1.807, 2.05) is 36.4 Å². The van der Waals surface area contributed by atoms with Gasteiger partial charge in [-0.25, -0.2) is 4.79 Å². The van der Waals surface area contributed by atoms with Gasteiger partial charge < -0.3 is 20.5 Å². The van der Waals surface area contributed by atoms with Crippen molar-refractivity contribution in [1.29, 1.82) is 0 Å². The van der Waals surface area contributed by atoms with Crippen LogP contribution in [0.3, 0.4) is 0 Å². The van der Waals surface area contributed by atoms with Gasteiger partial charge in [-0.2, -0.15) is 0 Å². The third-order valence-electron chi connectivity index (χ3n) is 6.20. The minimum atomic E-state index is -0.832. The van der Waals surface area contributed by atoms with Crippen LogP contribution in [0, 0.1) is 5.92 Å². The van der Waals surface area contributed by atoms with Crippen LogP contribution in [-0.4, -0.2) is 41.8 Å². The molecule has 0 saturated heterocycles. The summed E-state index contributed by atoms with van der Waals surface area (Å²) < 4.78 is 5.47. The Hall–Kier alpha value is -3.35. The van der Waals surface area contributed by atoms with Gasteiger partial charge in [0, 0.05) is 12.0 Å². The molecule has 4 rings (SSSR count). The van der Waals surface area contributed by atoms with Crippen molar-refractivity contribution >= 4 is 18.0 Å². The first-order valence-electron chi connectivity index (χ1n) is 10.6. The number of aliphatic carboxylic acids is 1. The van der Waals surface area contributed by atoms with Crippen molar-refractivity contribution in [1.82, 2.24) is 10.6 Å². The van der Waals surface area contributed by atoms with Crippen molar-refractivity contribution in [2.75, 3.05) is 6.61 Å². The fourth-order valence-electron chi connectivity index (χ4n) is 4.55. The summed E-state index contributed by atoms with van der Waals surface area (Å²) in [6.07, 6.45) is 0.937. The predicted molar refractivity (Wildman–Crippen MR) is 115 cm³/mol. The Labute approximate surface area is 180 Å².